The van der Waals surface area contributed by atoms with Crippen molar-refractivity contribution in [1.82, 2.24) is 14.8 Å². The molecule has 1 N–H and O–H groups in total. The number of aryl methyl sites for hydroxylation is 2. The summed E-state index contributed by atoms with van der Waals surface area (Å²) in [4.78, 5) is 12.6. The number of thioether (sulfide) groups is 1. The Morgan fingerprint density at radius 2 is 1.73 bits per heavy atom. The van der Waals surface area contributed by atoms with Crippen LogP contribution in [0.25, 0.3) is 0 Å². The van der Waals surface area contributed by atoms with Crippen LogP contribution in [0.15, 0.2) is 53.7 Å². The van der Waals surface area contributed by atoms with Crippen molar-refractivity contribution in [3.63, 3.8) is 0 Å². The van der Waals surface area contributed by atoms with E-state index in [0.29, 0.717) is 17.6 Å². The molecule has 5 nitrogen and oxygen atoms in total. The molecule has 1 saturated carbocycles. The molecule has 2 unspecified atom stereocenters. The van der Waals surface area contributed by atoms with E-state index in [4.69, 9.17) is 0 Å². The zero-order valence-electron chi connectivity index (χ0n) is 17.8. The Kier molecular flexibility index (Phi) is 6.23. The van der Waals surface area contributed by atoms with Gasteiger partial charge < -0.3 is 9.88 Å². The van der Waals surface area contributed by atoms with E-state index < -0.39 is 0 Å². The first-order chi connectivity index (χ1) is 14.6. The van der Waals surface area contributed by atoms with Gasteiger partial charge in [0.1, 0.15) is 5.82 Å². The minimum Gasteiger partial charge on any atom is -0.325 e. The first-order valence-electron chi connectivity index (χ1n) is 10.6. The third-order valence-corrected chi connectivity index (χ3v) is 6.83. The smallest absolute Gasteiger partial charge is 0.234 e. The highest BCUT2D eigenvalue weighted by Crippen LogP contribution is 2.54. The minimum absolute atomic E-state index is 0.00580. The van der Waals surface area contributed by atoms with E-state index >= 15 is 0 Å². The molecule has 6 heteroatoms. The third-order valence-electron chi connectivity index (χ3n) is 5.81. The molecule has 30 heavy (non-hydrogen) atoms. The lowest BCUT2D eigenvalue weighted by atomic mass is 10.0. The zero-order chi connectivity index (χ0) is 21.1. The fourth-order valence-corrected chi connectivity index (χ4v) is 4.75. The maximum Gasteiger partial charge on any atom is 0.234 e. The number of carbonyl (C=O) groups is 1. The van der Waals surface area contributed by atoms with Crippen molar-refractivity contribution in [2.75, 3.05) is 11.1 Å². The van der Waals surface area contributed by atoms with Crippen LogP contribution in [0.5, 0.6) is 0 Å². The van der Waals surface area contributed by atoms with Gasteiger partial charge in [-0.2, -0.15) is 0 Å². The number of amides is 1. The quantitative estimate of drug-likeness (QED) is 0.524. The van der Waals surface area contributed by atoms with E-state index in [2.05, 4.69) is 71.8 Å². The van der Waals surface area contributed by atoms with Crippen LogP contribution in [0.2, 0.25) is 0 Å². The standard InChI is InChI=1S/C24H28N4OS/c1-4-16-12-9-13-17(5-2)22(16)25-21(29)15-30-24-27-26-23(28(24)3)20-14-19(20)18-10-7-6-8-11-18/h6-13,19-20H,4-5,14-15H2,1-3H3,(H,25,29). The van der Waals surface area contributed by atoms with Gasteiger partial charge in [-0.25, -0.2) is 0 Å². The topological polar surface area (TPSA) is 59.8 Å². The number of hydrogen-bond acceptors (Lipinski definition) is 4. The highest BCUT2D eigenvalue weighted by Gasteiger charge is 2.42. The maximum atomic E-state index is 12.6. The van der Waals surface area contributed by atoms with Gasteiger partial charge in [0.25, 0.3) is 0 Å². The molecular formula is C24H28N4OS. The number of aromatic nitrogens is 3. The number of anilines is 1. The summed E-state index contributed by atoms with van der Waals surface area (Å²) >= 11 is 1.44. The first kappa shape index (κ1) is 20.7. The van der Waals surface area contributed by atoms with Gasteiger partial charge in [0.15, 0.2) is 5.16 Å². The van der Waals surface area contributed by atoms with Crippen molar-refractivity contribution < 1.29 is 4.79 Å². The van der Waals surface area contributed by atoms with E-state index in [9.17, 15) is 4.79 Å². The van der Waals surface area contributed by atoms with Crippen molar-refractivity contribution in [2.45, 2.75) is 50.1 Å². The van der Waals surface area contributed by atoms with Crippen molar-refractivity contribution in [3.05, 3.63) is 71.0 Å². The van der Waals surface area contributed by atoms with Crippen molar-refractivity contribution >= 4 is 23.4 Å². The lowest BCUT2D eigenvalue weighted by Crippen LogP contribution is -2.17. The third kappa shape index (κ3) is 4.29. The zero-order valence-corrected chi connectivity index (χ0v) is 18.6. The number of hydrogen-bond donors (Lipinski definition) is 1. The van der Waals surface area contributed by atoms with Crippen molar-refractivity contribution in [2.24, 2.45) is 7.05 Å². The van der Waals surface area contributed by atoms with Gasteiger partial charge in [0, 0.05) is 18.7 Å². The first-order valence-corrected chi connectivity index (χ1v) is 11.6. The van der Waals surface area contributed by atoms with Gasteiger partial charge in [-0.1, -0.05) is 74.1 Å². The van der Waals surface area contributed by atoms with Crippen molar-refractivity contribution in [3.8, 4) is 0 Å². The van der Waals surface area contributed by atoms with Gasteiger partial charge in [0.2, 0.25) is 5.91 Å². The van der Waals surface area contributed by atoms with Crippen molar-refractivity contribution in [1.29, 1.82) is 0 Å². The van der Waals surface area contributed by atoms with Crippen LogP contribution < -0.4 is 5.32 Å². The Bertz CT molecular complexity index is 1010. The van der Waals surface area contributed by atoms with Crippen LogP contribution in [-0.4, -0.2) is 26.4 Å². The number of rotatable bonds is 8. The average molecular weight is 421 g/mol. The molecule has 0 saturated heterocycles. The lowest BCUT2D eigenvalue weighted by molar-refractivity contribution is -0.113. The average Bonchev–Trinajstić information content (AvgIpc) is 3.49. The van der Waals surface area contributed by atoms with Gasteiger partial charge in [-0.15, -0.1) is 10.2 Å². The second kappa shape index (κ2) is 9.04. The van der Waals surface area contributed by atoms with Gasteiger partial charge >= 0.3 is 0 Å². The summed E-state index contributed by atoms with van der Waals surface area (Å²) in [5.74, 6) is 2.26. The SMILES string of the molecule is CCc1cccc(CC)c1NC(=O)CSc1nnc(C2CC2c2ccccc2)n1C. The van der Waals surface area contributed by atoms with Crippen LogP contribution >= 0.6 is 11.8 Å². The number of benzene rings is 2. The molecule has 156 valence electrons. The molecule has 0 radical (unpaired) electrons. The molecule has 2 atom stereocenters. The normalized spacial score (nSPS) is 17.7. The summed E-state index contributed by atoms with van der Waals surface area (Å²) in [5.41, 5.74) is 4.68. The van der Waals surface area contributed by atoms with Crippen LogP contribution in [0.3, 0.4) is 0 Å². The highest BCUT2D eigenvalue weighted by atomic mass is 32.2. The molecule has 2 aromatic carbocycles. The molecule has 0 aliphatic heterocycles. The molecule has 0 spiro atoms. The molecule has 3 aromatic rings. The van der Waals surface area contributed by atoms with Crippen LogP contribution in [-0.2, 0) is 24.7 Å². The number of nitrogens with one attached hydrogen (secondary N) is 1. The molecule has 1 heterocycles. The van der Waals surface area contributed by atoms with Gasteiger partial charge in [-0.3, -0.25) is 4.79 Å². The monoisotopic (exact) mass is 420 g/mol. The predicted molar refractivity (Wildman–Crippen MR) is 122 cm³/mol. The molecule has 4 rings (SSSR count). The lowest BCUT2D eigenvalue weighted by Gasteiger charge is -2.14. The summed E-state index contributed by atoms with van der Waals surface area (Å²) in [7, 11) is 2.00. The molecule has 1 amide bonds. The molecular weight excluding hydrogens is 392 g/mol. The Morgan fingerprint density at radius 1 is 1.03 bits per heavy atom. The van der Waals surface area contributed by atoms with Crippen LogP contribution in [0, 0.1) is 0 Å². The summed E-state index contributed by atoms with van der Waals surface area (Å²) in [6.45, 7) is 4.22. The minimum atomic E-state index is -0.00580. The van der Waals surface area contributed by atoms with E-state index in [1.807, 2.05) is 17.7 Å². The largest absolute Gasteiger partial charge is 0.325 e. The molecule has 1 aliphatic rings. The Morgan fingerprint density at radius 3 is 2.40 bits per heavy atom. The Hall–Kier alpha value is -2.60. The van der Waals surface area contributed by atoms with E-state index in [-0.39, 0.29) is 5.91 Å². The molecule has 1 fully saturated rings. The van der Waals surface area contributed by atoms with Crippen LogP contribution in [0.4, 0.5) is 5.69 Å². The molecule has 0 bridgehead atoms. The van der Waals surface area contributed by atoms with Gasteiger partial charge in [0.05, 0.1) is 5.75 Å². The molecule has 1 aromatic heterocycles. The van der Waals surface area contributed by atoms with E-state index in [1.54, 1.807) is 0 Å². The van der Waals surface area contributed by atoms with E-state index in [0.717, 1.165) is 35.9 Å². The Balaban J connectivity index is 1.38. The second-order valence-electron chi connectivity index (χ2n) is 7.75. The summed E-state index contributed by atoms with van der Waals surface area (Å²) in [6.07, 6.45) is 2.90. The molecule has 1 aliphatic carbocycles. The van der Waals surface area contributed by atoms with E-state index in [1.165, 1.54) is 28.5 Å². The summed E-state index contributed by atoms with van der Waals surface area (Å²) in [5, 5.41) is 12.7. The van der Waals surface area contributed by atoms with Gasteiger partial charge in [-0.05, 0) is 41.9 Å². The predicted octanol–water partition coefficient (Wildman–Crippen LogP) is 4.94. The van der Waals surface area contributed by atoms with Crippen LogP contribution in [0.1, 0.15) is 54.6 Å². The Labute approximate surface area is 182 Å². The fraction of sp³-hybridized carbons (Fsp3) is 0.375. The number of carbonyl (C=O) groups excluding carboxylic acids is 1. The maximum absolute atomic E-state index is 12.6. The second-order valence-corrected chi connectivity index (χ2v) is 8.70. The summed E-state index contributed by atoms with van der Waals surface area (Å²) < 4.78 is 2.04. The number of para-hydroxylation sites is 1. The number of nitrogens with zero attached hydrogens (tertiary/aromatic N) is 3. The highest BCUT2D eigenvalue weighted by molar-refractivity contribution is 7.99. The summed E-state index contributed by atoms with van der Waals surface area (Å²) in [6, 6.07) is 16.8. The fourth-order valence-electron chi connectivity index (χ4n) is 4.03.